The van der Waals surface area contributed by atoms with Crippen molar-refractivity contribution in [1.29, 1.82) is 0 Å². The first kappa shape index (κ1) is 18.4. The van der Waals surface area contributed by atoms with E-state index in [1.54, 1.807) is 18.8 Å². The normalized spacial score (nSPS) is 13.1. The molecular weight excluding hydrogens is 282 g/mol. The maximum Gasteiger partial charge on any atom is 0.236 e. The Morgan fingerprint density at radius 2 is 2.11 bits per heavy atom. The highest BCUT2D eigenvalue weighted by molar-refractivity contribution is 8.00. The number of carbonyl (C=O) groups excluding carboxylic acids is 1. The van der Waals surface area contributed by atoms with Gasteiger partial charge in [-0.25, -0.2) is 0 Å². The van der Waals surface area contributed by atoms with Crippen LogP contribution >= 0.6 is 24.4 Å². The zero-order valence-electron chi connectivity index (χ0n) is 11.4. The zero-order chi connectivity index (χ0) is 14.5. The van der Waals surface area contributed by atoms with Gasteiger partial charge in [-0.3, -0.25) is 9.79 Å². The fourth-order valence-electron chi connectivity index (χ4n) is 1.29. The number of nitrogens with two attached hydrogens (primary N) is 2. The van der Waals surface area contributed by atoms with Gasteiger partial charge in [0.1, 0.15) is 0 Å². The number of thioether (sulfide) groups is 1. The molecule has 0 rings (SSSR count). The van der Waals surface area contributed by atoms with Gasteiger partial charge in [-0.1, -0.05) is 0 Å². The Bertz CT molecular complexity index is 276. The lowest BCUT2D eigenvalue weighted by molar-refractivity contribution is -0.122. The van der Waals surface area contributed by atoms with E-state index in [0.29, 0.717) is 25.5 Å². The molecular formula is C11H25N5OS2. The van der Waals surface area contributed by atoms with Gasteiger partial charge in [-0.15, -0.1) is 0 Å². The van der Waals surface area contributed by atoms with Crippen LogP contribution in [0.15, 0.2) is 4.99 Å². The van der Waals surface area contributed by atoms with E-state index >= 15 is 0 Å². The molecule has 0 saturated heterocycles. The van der Waals surface area contributed by atoms with Gasteiger partial charge in [0.15, 0.2) is 5.96 Å². The highest BCUT2D eigenvalue weighted by Crippen LogP contribution is 1.99. The largest absolute Gasteiger partial charge is 0.370 e. The predicted octanol–water partition coefficient (Wildman–Crippen LogP) is -0.593. The predicted molar refractivity (Wildman–Crippen MR) is 86.9 cm³/mol. The summed E-state index contributed by atoms with van der Waals surface area (Å²) < 4.78 is 0. The molecule has 6 N–H and O–H groups in total. The van der Waals surface area contributed by atoms with Gasteiger partial charge in [-0.2, -0.15) is 24.4 Å². The third kappa shape index (κ3) is 11.0. The van der Waals surface area contributed by atoms with Crippen LogP contribution in [-0.4, -0.2) is 55.3 Å². The average molecular weight is 307 g/mol. The fraction of sp³-hybridized carbons (Fsp3) is 0.818. The summed E-state index contributed by atoms with van der Waals surface area (Å²) in [6.45, 7) is 1.32. The Balaban J connectivity index is 3.53. The molecule has 0 heterocycles. The molecule has 0 aliphatic rings. The Labute approximate surface area is 125 Å². The number of hydrogen-bond acceptors (Lipinski definition) is 5. The summed E-state index contributed by atoms with van der Waals surface area (Å²) in [5, 5.41) is 5.75. The van der Waals surface area contributed by atoms with Crippen molar-refractivity contribution in [3.8, 4) is 0 Å². The van der Waals surface area contributed by atoms with E-state index in [9.17, 15) is 4.79 Å². The van der Waals surface area contributed by atoms with Crippen molar-refractivity contribution in [2.45, 2.75) is 18.9 Å². The smallest absolute Gasteiger partial charge is 0.236 e. The molecule has 0 aromatic rings. The minimum absolute atomic E-state index is 0.0939. The quantitative estimate of drug-likeness (QED) is 0.160. The first-order valence-corrected chi connectivity index (χ1v) is 8.08. The van der Waals surface area contributed by atoms with Crippen LogP contribution in [-0.2, 0) is 4.79 Å². The molecule has 0 spiro atoms. The van der Waals surface area contributed by atoms with Crippen LogP contribution in [0.3, 0.4) is 0 Å². The standard InChI is InChI=1S/C11H25N5OS2/c1-14-11(13)16-4-2-3-9(12)10(17)15-5-7-19-8-6-18/h9,18H,2-8,12H2,1H3,(H,15,17)(H3,13,14,16). The lowest BCUT2D eigenvalue weighted by atomic mass is 10.1. The van der Waals surface area contributed by atoms with Crippen LogP contribution in [0.2, 0.25) is 0 Å². The van der Waals surface area contributed by atoms with Crippen molar-refractivity contribution in [3.63, 3.8) is 0 Å². The van der Waals surface area contributed by atoms with E-state index in [1.807, 2.05) is 0 Å². The Kier molecular flexibility index (Phi) is 12.0. The highest BCUT2D eigenvalue weighted by Gasteiger charge is 2.11. The van der Waals surface area contributed by atoms with Crippen molar-refractivity contribution in [3.05, 3.63) is 0 Å². The van der Waals surface area contributed by atoms with Crippen LogP contribution in [0.4, 0.5) is 0 Å². The molecule has 0 aliphatic heterocycles. The van der Waals surface area contributed by atoms with Crippen molar-refractivity contribution < 1.29 is 4.79 Å². The van der Waals surface area contributed by atoms with Crippen LogP contribution in [0.5, 0.6) is 0 Å². The molecule has 0 aliphatic carbocycles. The third-order valence-corrected chi connectivity index (χ3v) is 3.87. The van der Waals surface area contributed by atoms with Gasteiger partial charge in [0.25, 0.3) is 0 Å². The minimum Gasteiger partial charge on any atom is -0.370 e. The molecule has 19 heavy (non-hydrogen) atoms. The average Bonchev–Trinajstić information content (AvgIpc) is 2.42. The number of aliphatic imine (C=N–C) groups is 1. The second-order valence-electron chi connectivity index (χ2n) is 3.91. The van der Waals surface area contributed by atoms with E-state index in [1.165, 1.54) is 0 Å². The second-order valence-corrected chi connectivity index (χ2v) is 5.58. The molecule has 6 nitrogen and oxygen atoms in total. The SMILES string of the molecule is CN=C(N)NCCCC(N)C(=O)NCCSCCS. The van der Waals surface area contributed by atoms with Crippen LogP contribution in [0.25, 0.3) is 0 Å². The number of nitrogens with zero attached hydrogens (tertiary/aromatic N) is 1. The van der Waals surface area contributed by atoms with Gasteiger partial charge in [0.2, 0.25) is 5.91 Å². The molecule has 0 bridgehead atoms. The maximum atomic E-state index is 11.6. The summed E-state index contributed by atoms with van der Waals surface area (Å²) in [5.74, 6) is 3.05. The van der Waals surface area contributed by atoms with E-state index in [-0.39, 0.29) is 5.91 Å². The van der Waals surface area contributed by atoms with E-state index in [0.717, 1.165) is 23.7 Å². The minimum atomic E-state index is -0.462. The van der Waals surface area contributed by atoms with Crippen LogP contribution < -0.4 is 22.1 Å². The monoisotopic (exact) mass is 307 g/mol. The van der Waals surface area contributed by atoms with Gasteiger partial charge in [-0.05, 0) is 18.6 Å². The van der Waals surface area contributed by atoms with E-state index < -0.39 is 6.04 Å². The molecule has 1 unspecified atom stereocenters. The second kappa shape index (κ2) is 12.4. The number of thiol groups is 1. The fourth-order valence-corrected chi connectivity index (χ4v) is 2.26. The first-order chi connectivity index (χ1) is 9.11. The lowest BCUT2D eigenvalue weighted by Gasteiger charge is -2.12. The van der Waals surface area contributed by atoms with Crippen molar-refractivity contribution in [2.24, 2.45) is 16.5 Å². The number of carbonyl (C=O) groups is 1. The maximum absolute atomic E-state index is 11.6. The third-order valence-electron chi connectivity index (χ3n) is 2.36. The number of hydrogen-bond donors (Lipinski definition) is 5. The highest BCUT2D eigenvalue weighted by atomic mass is 32.2. The molecule has 0 fully saturated rings. The molecule has 1 amide bonds. The van der Waals surface area contributed by atoms with Gasteiger partial charge in [0, 0.05) is 31.6 Å². The summed E-state index contributed by atoms with van der Waals surface area (Å²) in [5.41, 5.74) is 11.3. The van der Waals surface area contributed by atoms with Gasteiger partial charge in [0.05, 0.1) is 6.04 Å². The lowest BCUT2D eigenvalue weighted by Crippen LogP contribution is -2.42. The summed E-state index contributed by atoms with van der Waals surface area (Å²) >= 11 is 5.88. The summed E-state index contributed by atoms with van der Waals surface area (Å²) in [7, 11) is 1.62. The van der Waals surface area contributed by atoms with Crippen molar-refractivity contribution in [1.82, 2.24) is 10.6 Å². The topological polar surface area (TPSA) is 106 Å². The van der Waals surface area contributed by atoms with Gasteiger partial charge < -0.3 is 22.1 Å². The summed E-state index contributed by atoms with van der Waals surface area (Å²) in [6.07, 6.45) is 1.40. The zero-order valence-corrected chi connectivity index (χ0v) is 13.1. The number of amides is 1. The van der Waals surface area contributed by atoms with Crippen molar-refractivity contribution >= 4 is 36.3 Å². The summed E-state index contributed by atoms with van der Waals surface area (Å²) in [6, 6.07) is -0.462. The Morgan fingerprint density at radius 1 is 1.37 bits per heavy atom. The number of nitrogens with one attached hydrogen (secondary N) is 2. The van der Waals surface area contributed by atoms with E-state index in [2.05, 4.69) is 28.3 Å². The molecule has 0 aromatic heterocycles. The summed E-state index contributed by atoms with van der Waals surface area (Å²) in [4.78, 5) is 15.4. The molecule has 0 aromatic carbocycles. The van der Waals surface area contributed by atoms with E-state index in [4.69, 9.17) is 11.5 Å². The first-order valence-electron chi connectivity index (χ1n) is 6.29. The Hall–Kier alpha value is -0.600. The molecule has 1 atom stereocenters. The molecule has 0 radical (unpaired) electrons. The van der Waals surface area contributed by atoms with Crippen LogP contribution in [0, 0.1) is 0 Å². The van der Waals surface area contributed by atoms with Gasteiger partial charge >= 0.3 is 0 Å². The molecule has 8 heteroatoms. The number of rotatable bonds is 10. The van der Waals surface area contributed by atoms with Crippen molar-refractivity contribution in [2.75, 3.05) is 37.4 Å². The Morgan fingerprint density at radius 3 is 2.74 bits per heavy atom. The molecule has 112 valence electrons. The van der Waals surface area contributed by atoms with Crippen LogP contribution in [0.1, 0.15) is 12.8 Å². The molecule has 0 saturated carbocycles. The number of guanidine groups is 1.